The molecular formula is C15H21N3O3. The molecule has 0 heterocycles. The van der Waals surface area contributed by atoms with Crippen LogP contribution in [0.2, 0.25) is 0 Å². The van der Waals surface area contributed by atoms with Gasteiger partial charge in [0.05, 0.1) is 12.8 Å². The van der Waals surface area contributed by atoms with Gasteiger partial charge in [0.15, 0.2) is 5.84 Å². The quantitative estimate of drug-likeness (QED) is 0.343. The zero-order valence-corrected chi connectivity index (χ0v) is 12.3. The zero-order valence-electron chi connectivity index (χ0n) is 12.3. The second-order valence-electron chi connectivity index (χ2n) is 5.40. The Morgan fingerprint density at radius 2 is 2.24 bits per heavy atom. The van der Waals surface area contributed by atoms with E-state index in [0.717, 1.165) is 19.3 Å². The van der Waals surface area contributed by atoms with Crippen molar-refractivity contribution in [1.82, 2.24) is 0 Å². The van der Waals surface area contributed by atoms with E-state index < -0.39 is 0 Å². The van der Waals surface area contributed by atoms with Gasteiger partial charge in [0.25, 0.3) is 0 Å². The van der Waals surface area contributed by atoms with Crippen molar-refractivity contribution in [2.24, 2.45) is 22.7 Å². The van der Waals surface area contributed by atoms with E-state index in [9.17, 15) is 4.79 Å². The van der Waals surface area contributed by atoms with Gasteiger partial charge in [-0.1, -0.05) is 18.5 Å². The number of carbonyl (C=O) groups is 1. The molecular weight excluding hydrogens is 270 g/mol. The summed E-state index contributed by atoms with van der Waals surface area (Å²) in [5, 5.41) is 14.6. The normalized spacial score (nSPS) is 22.1. The largest absolute Gasteiger partial charge is 0.495 e. The lowest BCUT2D eigenvalue weighted by molar-refractivity contribution is -0.120. The first kappa shape index (κ1) is 15.2. The lowest BCUT2D eigenvalue weighted by Gasteiger charge is -2.17. The maximum atomic E-state index is 12.3. The van der Waals surface area contributed by atoms with Gasteiger partial charge in [-0.3, -0.25) is 4.79 Å². The molecule has 6 heteroatoms. The molecule has 0 bridgehead atoms. The molecule has 2 unspecified atom stereocenters. The number of benzene rings is 1. The number of nitrogens with zero attached hydrogens (tertiary/aromatic N) is 1. The molecule has 2 rings (SSSR count). The summed E-state index contributed by atoms with van der Waals surface area (Å²) in [5.41, 5.74) is 6.67. The first-order valence-electron chi connectivity index (χ1n) is 7.03. The number of amidine groups is 1. The topological polar surface area (TPSA) is 96.9 Å². The minimum absolute atomic E-state index is 0.00408. The van der Waals surface area contributed by atoms with Crippen molar-refractivity contribution >= 4 is 17.4 Å². The second kappa shape index (κ2) is 6.47. The summed E-state index contributed by atoms with van der Waals surface area (Å²) in [6.07, 6.45) is 3.12. The predicted octanol–water partition coefficient (Wildman–Crippen LogP) is 2.16. The SMILES string of the molecule is COc1cc(/C(N)=N/O)ccc1NC(=O)C1CCCC1C. The van der Waals surface area contributed by atoms with Gasteiger partial charge >= 0.3 is 0 Å². The smallest absolute Gasteiger partial charge is 0.227 e. The molecule has 1 amide bonds. The van der Waals surface area contributed by atoms with E-state index >= 15 is 0 Å². The van der Waals surface area contributed by atoms with Gasteiger partial charge in [0.2, 0.25) is 5.91 Å². The molecule has 0 saturated heterocycles. The molecule has 2 atom stereocenters. The number of ether oxygens (including phenoxy) is 1. The monoisotopic (exact) mass is 291 g/mol. The second-order valence-corrected chi connectivity index (χ2v) is 5.40. The highest BCUT2D eigenvalue weighted by atomic mass is 16.5. The number of nitrogens with one attached hydrogen (secondary N) is 1. The number of amides is 1. The summed E-state index contributed by atoms with van der Waals surface area (Å²) in [5.74, 6) is 0.967. The first-order chi connectivity index (χ1) is 10.1. The van der Waals surface area contributed by atoms with E-state index in [0.29, 0.717) is 22.9 Å². The van der Waals surface area contributed by atoms with Crippen LogP contribution in [0.25, 0.3) is 0 Å². The number of hydrogen-bond acceptors (Lipinski definition) is 4. The van der Waals surface area contributed by atoms with Crippen molar-refractivity contribution in [1.29, 1.82) is 0 Å². The minimum Gasteiger partial charge on any atom is -0.495 e. The van der Waals surface area contributed by atoms with Gasteiger partial charge in [-0.25, -0.2) is 0 Å². The highest BCUT2D eigenvalue weighted by molar-refractivity contribution is 5.99. The Morgan fingerprint density at radius 3 is 2.81 bits per heavy atom. The molecule has 0 spiro atoms. The lowest BCUT2D eigenvalue weighted by atomic mass is 9.97. The number of anilines is 1. The number of nitrogens with two attached hydrogens (primary N) is 1. The number of carbonyl (C=O) groups excluding carboxylic acids is 1. The Kier molecular flexibility index (Phi) is 4.67. The Labute approximate surface area is 124 Å². The minimum atomic E-state index is -0.00408. The van der Waals surface area contributed by atoms with E-state index in [4.69, 9.17) is 15.7 Å². The maximum absolute atomic E-state index is 12.3. The molecule has 1 aliphatic rings. The fourth-order valence-corrected chi connectivity index (χ4v) is 2.77. The highest BCUT2D eigenvalue weighted by Gasteiger charge is 2.30. The predicted molar refractivity (Wildman–Crippen MR) is 80.6 cm³/mol. The molecule has 1 aromatic rings. The standard InChI is InChI=1S/C15H21N3O3/c1-9-4-3-5-11(9)15(19)17-12-7-6-10(14(16)18-20)8-13(12)21-2/h6-9,11,20H,3-5H2,1-2H3,(H2,16,18)(H,17,19). The Hall–Kier alpha value is -2.24. The molecule has 4 N–H and O–H groups in total. The van der Waals surface area contributed by atoms with Crippen LogP contribution in [0.15, 0.2) is 23.4 Å². The number of rotatable bonds is 4. The van der Waals surface area contributed by atoms with Gasteiger partial charge < -0.3 is 21.0 Å². The number of hydrogen-bond donors (Lipinski definition) is 3. The molecule has 1 aromatic carbocycles. The average Bonchev–Trinajstić information content (AvgIpc) is 2.93. The van der Waals surface area contributed by atoms with Gasteiger partial charge in [-0.05, 0) is 37.0 Å². The fourth-order valence-electron chi connectivity index (χ4n) is 2.77. The molecule has 0 aliphatic heterocycles. The third kappa shape index (κ3) is 3.26. The molecule has 1 aliphatic carbocycles. The van der Waals surface area contributed by atoms with E-state index in [1.807, 2.05) is 0 Å². The van der Waals surface area contributed by atoms with Crippen molar-refractivity contribution in [2.75, 3.05) is 12.4 Å². The van der Waals surface area contributed by atoms with E-state index in [1.54, 1.807) is 18.2 Å². The van der Waals surface area contributed by atoms with Crippen molar-refractivity contribution in [3.63, 3.8) is 0 Å². The van der Waals surface area contributed by atoms with Crippen molar-refractivity contribution < 1.29 is 14.7 Å². The van der Waals surface area contributed by atoms with Gasteiger partial charge in [0, 0.05) is 11.5 Å². The molecule has 114 valence electrons. The molecule has 1 fully saturated rings. The third-order valence-corrected chi connectivity index (χ3v) is 4.06. The van der Waals surface area contributed by atoms with Crippen LogP contribution in [-0.4, -0.2) is 24.1 Å². The van der Waals surface area contributed by atoms with Crippen LogP contribution in [0.5, 0.6) is 5.75 Å². The number of methoxy groups -OCH3 is 1. The zero-order chi connectivity index (χ0) is 15.4. The molecule has 0 aromatic heterocycles. The van der Waals surface area contributed by atoms with Crippen LogP contribution in [0, 0.1) is 11.8 Å². The van der Waals surface area contributed by atoms with Crippen LogP contribution in [-0.2, 0) is 4.79 Å². The molecule has 0 radical (unpaired) electrons. The Bertz CT molecular complexity index is 557. The van der Waals surface area contributed by atoms with Crippen LogP contribution in [0.1, 0.15) is 31.7 Å². The summed E-state index contributed by atoms with van der Waals surface area (Å²) in [6.45, 7) is 2.11. The van der Waals surface area contributed by atoms with Gasteiger partial charge in [0.1, 0.15) is 5.75 Å². The van der Waals surface area contributed by atoms with Crippen LogP contribution in [0.3, 0.4) is 0 Å². The summed E-state index contributed by atoms with van der Waals surface area (Å²) < 4.78 is 5.26. The fraction of sp³-hybridized carbons (Fsp3) is 0.467. The number of oxime groups is 1. The summed E-state index contributed by atoms with van der Waals surface area (Å²) in [7, 11) is 1.51. The summed E-state index contributed by atoms with van der Waals surface area (Å²) >= 11 is 0. The van der Waals surface area contributed by atoms with Crippen molar-refractivity contribution in [2.45, 2.75) is 26.2 Å². The average molecular weight is 291 g/mol. The summed E-state index contributed by atoms with van der Waals surface area (Å²) in [6, 6.07) is 5.00. The van der Waals surface area contributed by atoms with E-state index in [-0.39, 0.29) is 17.7 Å². The molecule has 6 nitrogen and oxygen atoms in total. The van der Waals surface area contributed by atoms with Crippen molar-refractivity contribution in [3.8, 4) is 5.75 Å². The van der Waals surface area contributed by atoms with E-state index in [1.165, 1.54) is 7.11 Å². The summed E-state index contributed by atoms with van der Waals surface area (Å²) in [4.78, 5) is 12.3. The molecule has 21 heavy (non-hydrogen) atoms. The Balaban J connectivity index is 2.18. The van der Waals surface area contributed by atoms with Crippen LogP contribution in [0.4, 0.5) is 5.69 Å². The van der Waals surface area contributed by atoms with Crippen LogP contribution >= 0.6 is 0 Å². The highest BCUT2D eigenvalue weighted by Crippen LogP contribution is 2.33. The van der Waals surface area contributed by atoms with Gasteiger partial charge in [-0.2, -0.15) is 0 Å². The van der Waals surface area contributed by atoms with Crippen LogP contribution < -0.4 is 15.8 Å². The lowest BCUT2D eigenvalue weighted by Crippen LogP contribution is -2.25. The maximum Gasteiger partial charge on any atom is 0.227 e. The first-order valence-corrected chi connectivity index (χ1v) is 7.03. The van der Waals surface area contributed by atoms with Gasteiger partial charge in [-0.15, -0.1) is 0 Å². The van der Waals surface area contributed by atoms with E-state index in [2.05, 4.69) is 17.4 Å². The molecule has 1 saturated carbocycles. The Morgan fingerprint density at radius 1 is 1.48 bits per heavy atom. The van der Waals surface area contributed by atoms with Crippen molar-refractivity contribution in [3.05, 3.63) is 23.8 Å². The third-order valence-electron chi connectivity index (χ3n) is 4.06.